The Morgan fingerprint density at radius 1 is 0.750 bits per heavy atom. The molecule has 0 aromatic carbocycles. The molecule has 4 heteroatoms. The van der Waals surface area contributed by atoms with Crippen molar-refractivity contribution in [3.63, 3.8) is 0 Å². The molecule has 0 saturated heterocycles. The minimum absolute atomic E-state index is 0.328. The number of hydrogen-bond acceptors (Lipinski definition) is 2. The van der Waals surface area contributed by atoms with Gasteiger partial charge < -0.3 is 8.85 Å². The minimum Gasteiger partial charge on any atom is -0.415 e. The van der Waals surface area contributed by atoms with E-state index in [1.54, 1.807) is 0 Å². The van der Waals surface area contributed by atoms with E-state index >= 15 is 0 Å². The predicted octanol–water partition coefficient (Wildman–Crippen LogP) is 5.74. The molecule has 0 unspecified atom stereocenters. The second-order valence-corrected chi connectivity index (χ2v) is 16.4. The number of rotatable bonds is 10. The fraction of sp³-hybridized carbons (Fsp3) is 1.00. The zero-order chi connectivity index (χ0) is 16.0. The third-order valence-electron chi connectivity index (χ3n) is 3.85. The maximum atomic E-state index is 6.39. The predicted molar refractivity (Wildman–Crippen MR) is 95.3 cm³/mol. The highest BCUT2D eigenvalue weighted by Crippen LogP contribution is 2.39. The van der Waals surface area contributed by atoms with Gasteiger partial charge in [-0.25, -0.2) is 0 Å². The SMILES string of the molecule is CCCCCC([Si](C)(C)OC(C)C)[Si](C)(C)OC(C)C. The van der Waals surface area contributed by atoms with E-state index in [1.807, 2.05) is 0 Å². The Hall–Kier alpha value is 0.354. The lowest BCUT2D eigenvalue weighted by atomic mass is 10.2. The van der Waals surface area contributed by atoms with Gasteiger partial charge in [-0.3, -0.25) is 0 Å². The average Bonchev–Trinajstić information content (AvgIpc) is 2.19. The lowest BCUT2D eigenvalue weighted by molar-refractivity contribution is 0.210. The quantitative estimate of drug-likeness (QED) is 0.378. The minimum atomic E-state index is -1.71. The number of unbranched alkanes of at least 4 members (excludes halogenated alkanes) is 2. The molecule has 0 atom stereocenters. The summed E-state index contributed by atoms with van der Waals surface area (Å²) in [5, 5.41) is 0.673. The highest BCUT2D eigenvalue weighted by molar-refractivity contribution is 6.91. The molecule has 0 aromatic heterocycles. The Labute approximate surface area is 129 Å². The highest BCUT2D eigenvalue weighted by atomic mass is 28.4. The molecule has 0 aliphatic rings. The Morgan fingerprint density at radius 2 is 1.15 bits per heavy atom. The van der Waals surface area contributed by atoms with E-state index in [1.165, 1.54) is 25.7 Å². The van der Waals surface area contributed by atoms with Crippen molar-refractivity contribution in [2.45, 2.75) is 104 Å². The summed E-state index contributed by atoms with van der Waals surface area (Å²) >= 11 is 0. The lowest BCUT2D eigenvalue weighted by Crippen LogP contribution is -2.53. The largest absolute Gasteiger partial charge is 0.415 e. The fourth-order valence-corrected chi connectivity index (χ4v) is 15.2. The molecule has 0 aromatic rings. The van der Waals surface area contributed by atoms with Crippen LogP contribution >= 0.6 is 0 Å². The fourth-order valence-electron chi connectivity index (χ4n) is 3.51. The van der Waals surface area contributed by atoms with Crippen LogP contribution in [0.4, 0.5) is 0 Å². The third kappa shape index (κ3) is 7.39. The highest BCUT2D eigenvalue weighted by Gasteiger charge is 2.46. The first-order chi connectivity index (χ1) is 9.03. The van der Waals surface area contributed by atoms with E-state index in [9.17, 15) is 0 Å². The van der Waals surface area contributed by atoms with E-state index in [-0.39, 0.29) is 0 Å². The van der Waals surface area contributed by atoms with Crippen molar-refractivity contribution < 1.29 is 8.85 Å². The van der Waals surface area contributed by atoms with Crippen LogP contribution in [0.15, 0.2) is 0 Å². The van der Waals surface area contributed by atoms with E-state index in [0.717, 1.165) is 0 Å². The third-order valence-corrected chi connectivity index (χ3v) is 14.1. The summed E-state index contributed by atoms with van der Waals surface area (Å²) in [4.78, 5) is 0. The summed E-state index contributed by atoms with van der Waals surface area (Å²) in [6, 6.07) is 0. The first-order valence-corrected chi connectivity index (χ1v) is 14.4. The van der Waals surface area contributed by atoms with Gasteiger partial charge in [0.25, 0.3) is 0 Å². The molecule has 0 bridgehead atoms. The van der Waals surface area contributed by atoms with Gasteiger partial charge in [0, 0.05) is 12.2 Å². The standard InChI is InChI=1S/C16H38O2Si2/c1-10-11-12-13-16(19(6,7)17-14(2)3)20(8,9)18-15(4)5/h14-16H,10-13H2,1-9H3. The smallest absolute Gasteiger partial charge is 0.189 e. The Bertz CT molecular complexity index is 241. The molecule has 0 fully saturated rings. The van der Waals surface area contributed by atoms with Crippen molar-refractivity contribution in [2.24, 2.45) is 0 Å². The molecular formula is C16H38O2Si2. The van der Waals surface area contributed by atoms with E-state index in [2.05, 4.69) is 60.8 Å². The van der Waals surface area contributed by atoms with Crippen LogP contribution in [0.5, 0.6) is 0 Å². The van der Waals surface area contributed by atoms with Crippen molar-refractivity contribution in [1.29, 1.82) is 0 Å². The van der Waals surface area contributed by atoms with E-state index < -0.39 is 16.6 Å². The van der Waals surface area contributed by atoms with Crippen LogP contribution < -0.4 is 0 Å². The van der Waals surface area contributed by atoms with Crippen LogP contribution in [-0.2, 0) is 8.85 Å². The molecule has 0 radical (unpaired) electrons. The van der Waals surface area contributed by atoms with Gasteiger partial charge in [-0.05, 0) is 59.0 Å². The molecule has 0 saturated carbocycles. The van der Waals surface area contributed by atoms with Crippen LogP contribution in [0.25, 0.3) is 0 Å². The zero-order valence-electron chi connectivity index (χ0n) is 15.4. The molecule has 2 nitrogen and oxygen atoms in total. The maximum absolute atomic E-state index is 6.39. The molecule has 0 spiro atoms. The number of hydrogen-bond donors (Lipinski definition) is 0. The Balaban J connectivity index is 5.04. The first kappa shape index (κ1) is 20.4. The maximum Gasteiger partial charge on any atom is 0.189 e. The van der Waals surface area contributed by atoms with Gasteiger partial charge in [0.05, 0.1) is 0 Å². The van der Waals surface area contributed by atoms with Crippen LogP contribution in [-0.4, -0.2) is 28.8 Å². The summed E-state index contributed by atoms with van der Waals surface area (Å²) < 4.78 is 12.8. The summed E-state index contributed by atoms with van der Waals surface area (Å²) in [6.45, 7) is 20.5. The summed E-state index contributed by atoms with van der Waals surface area (Å²) in [6.07, 6.45) is 5.87. The van der Waals surface area contributed by atoms with E-state index in [4.69, 9.17) is 8.85 Å². The van der Waals surface area contributed by atoms with Gasteiger partial charge in [0.1, 0.15) is 0 Å². The Morgan fingerprint density at radius 3 is 1.45 bits per heavy atom. The van der Waals surface area contributed by atoms with Crippen molar-refractivity contribution in [2.75, 3.05) is 0 Å². The van der Waals surface area contributed by atoms with Crippen molar-refractivity contribution in [3.8, 4) is 0 Å². The molecule has 0 N–H and O–H groups in total. The zero-order valence-corrected chi connectivity index (χ0v) is 17.4. The topological polar surface area (TPSA) is 18.5 Å². The average molecular weight is 319 g/mol. The van der Waals surface area contributed by atoms with E-state index in [0.29, 0.717) is 17.4 Å². The second-order valence-electron chi connectivity index (χ2n) is 7.59. The van der Waals surface area contributed by atoms with Gasteiger partial charge in [-0.15, -0.1) is 0 Å². The van der Waals surface area contributed by atoms with Crippen LogP contribution in [0.2, 0.25) is 31.4 Å². The van der Waals surface area contributed by atoms with Crippen molar-refractivity contribution in [1.82, 2.24) is 0 Å². The van der Waals surface area contributed by atoms with Gasteiger partial charge in [-0.2, -0.15) is 0 Å². The van der Waals surface area contributed by atoms with Gasteiger partial charge in [0.15, 0.2) is 16.6 Å². The van der Waals surface area contributed by atoms with Gasteiger partial charge in [0.2, 0.25) is 0 Å². The Kier molecular flexibility index (Phi) is 8.87. The molecule has 0 aliphatic heterocycles. The summed E-state index contributed by atoms with van der Waals surface area (Å²) in [5.41, 5.74) is 0. The summed E-state index contributed by atoms with van der Waals surface area (Å²) in [7, 11) is -3.42. The molecule has 20 heavy (non-hydrogen) atoms. The van der Waals surface area contributed by atoms with Crippen molar-refractivity contribution >= 4 is 16.6 Å². The van der Waals surface area contributed by atoms with Crippen LogP contribution in [0, 0.1) is 0 Å². The normalized spacial score (nSPS) is 13.8. The second kappa shape index (κ2) is 8.71. The molecule has 0 rings (SSSR count). The van der Waals surface area contributed by atoms with Crippen LogP contribution in [0.1, 0.15) is 60.3 Å². The molecule has 0 aliphatic carbocycles. The molecule has 0 amide bonds. The van der Waals surface area contributed by atoms with Crippen molar-refractivity contribution in [3.05, 3.63) is 0 Å². The lowest BCUT2D eigenvalue weighted by Gasteiger charge is -2.43. The molecule has 122 valence electrons. The molecular weight excluding hydrogens is 280 g/mol. The first-order valence-electron chi connectivity index (χ1n) is 8.38. The molecule has 0 heterocycles. The van der Waals surface area contributed by atoms with Gasteiger partial charge >= 0.3 is 0 Å². The summed E-state index contributed by atoms with van der Waals surface area (Å²) in [5.74, 6) is 0. The van der Waals surface area contributed by atoms with Gasteiger partial charge in [-0.1, -0.05) is 32.6 Å². The monoisotopic (exact) mass is 318 g/mol. The van der Waals surface area contributed by atoms with Crippen LogP contribution in [0.3, 0.4) is 0 Å².